The number of hydrogen-bond acceptors (Lipinski definition) is 5. The molecular formula is C11H18N6O2. The summed E-state index contributed by atoms with van der Waals surface area (Å²) >= 11 is 0. The first-order valence-electron chi connectivity index (χ1n) is 6.23. The van der Waals surface area contributed by atoms with E-state index < -0.39 is 11.9 Å². The van der Waals surface area contributed by atoms with E-state index in [1.54, 1.807) is 6.92 Å². The number of nitrogens with two attached hydrogens (primary N) is 1. The number of primary amides is 1. The van der Waals surface area contributed by atoms with Gasteiger partial charge in [0.1, 0.15) is 18.7 Å². The maximum Gasteiger partial charge on any atom is 0.247 e. The van der Waals surface area contributed by atoms with Crippen LogP contribution in [0.15, 0.2) is 12.7 Å². The number of nitrogens with one attached hydrogen (secondary N) is 1. The van der Waals surface area contributed by atoms with Crippen LogP contribution >= 0.6 is 0 Å². The molecule has 1 aromatic heterocycles. The summed E-state index contributed by atoms with van der Waals surface area (Å²) < 4.78 is 1.47. The van der Waals surface area contributed by atoms with Crippen molar-refractivity contribution in [2.24, 2.45) is 5.73 Å². The van der Waals surface area contributed by atoms with Gasteiger partial charge in [0, 0.05) is 12.6 Å². The molecule has 2 rings (SSSR count). The van der Waals surface area contributed by atoms with E-state index in [9.17, 15) is 9.59 Å². The largest absolute Gasteiger partial charge is 0.368 e. The van der Waals surface area contributed by atoms with Gasteiger partial charge in [-0.05, 0) is 19.9 Å². The molecule has 8 nitrogen and oxygen atoms in total. The molecule has 2 amide bonds. The van der Waals surface area contributed by atoms with Crippen LogP contribution in [0.4, 0.5) is 0 Å². The van der Waals surface area contributed by atoms with E-state index in [4.69, 9.17) is 5.73 Å². The van der Waals surface area contributed by atoms with Gasteiger partial charge >= 0.3 is 0 Å². The molecule has 2 heterocycles. The summed E-state index contributed by atoms with van der Waals surface area (Å²) in [5.41, 5.74) is 5.23. The minimum atomic E-state index is -0.508. The molecule has 0 bridgehead atoms. The Morgan fingerprint density at radius 1 is 1.63 bits per heavy atom. The topological polar surface area (TPSA) is 106 Å². The highest BCUT2D eigenvalue weighted by Crippen LogP contribution is 2.14. The standard InChI is InChI=1S/C11H18N6O2/c1-8(17-7-14-6-15-17)11(19)16(5-10(12)18)9-2-3-13-4-9/h6-9,13H,2-5H2,1H3,(H2,12,18). The third kappa shape index (κ3) is 3.08. The molecule has 0 aliphatic carbocycles. The number of carbonyl (C=O) groups excluding carboxylic acids is 2. The Hall–Kier alpha value is -1.96. The van der Waals surface area contributed by atoms with E-state index in [1.807, 2.05) is 0 Å². The quantitative estimate of drug-likeness (QED) is 0.675. The van der Waals surface area contributed by atoms with Crippen molar-refractivity contribution in [1.29, 1.82) is 0 Å². The lowest BCUT2D eigenvalue weighted by Crippen LogP contribution is -2.48. The zero-order chi connectivity index (χ0) is 13.8. The molecule has 1 saturated heterocycles. The van der Waals surface area contributed by atoms with Gasteiger partial charge < -0.3 is 16.0 Å². The lowest BCUT2D eigenvalue weighted by atomic mass is 10.1. The Balaban J connectivity index is 2.12. The highest BCUT2D eigenvalue weighted by Gasteiger charge is 2.31. The van der Waals surface area contributed by atoms with E-state index in [0.29, 0.717) is 6.54 Å². The minimum absolute atomic E-state index is 0.00553. The lowest BCUT2D eigenvalue weighted by molar-refractivity contribution is -0.140. The second kappa shape index (κ2) is 5.79. The Morgan fingerprint density at radius 3 is 2.95 bits per heavy atom. The summed E-state index contributed by atoms with van der Waals surface area (Å²) in [6.07, 6.45) is 3.68. The predicted molar refractivity (Wildman–Crippen MR) is 66.9 cm³/mol. The third-order valence-electron chi connectivity index (χ3n) is 3.28. The van der Waals surface area contributed by atoms with Gasteiger partial charge in [-0.15, -0.1) is 0 Å². The van der Waals surface area contributed by atoms with Crippen LogP contribution in [0, 0.1) is 0 Å². The normalized spacial score (nSPS) is 20.2. The van der Waals surface area contributed by atoms with Crippen molar-refractivity contribution in [2.75, 3.05) is 19.6 Å². The van der Waals surface area contributed by atoms with Crippen molar-refractivity contribution in [3.63, 3.8) is 0 Å². The average molecular weight is 266 g/mol. The molecule has 0 saturated carbocycles. The van der Waals surface area contributed by atoms with Crippen LogP contribution in [0.5, 0.6) is 0 Å². The summed E-state index contributed by atoms with van der Waals surface area (Å²) in [6.45, 7) is 3.19. The summed E-state index contributed by atoms with van der Waals surface area (Å²) in [6, 6.07) is -0.492. The molecule has 1 aliphatic heterocycles. The monoisotopic (exact) mass is 266 g/mol. The first-order chi connectivity index (χ1) is 9.09. The van der Waals surface area contributed by atoms with Crippen LogP contribution < -0.4 is 11.1 Å². The van der Waals surface area contributed by atoms with Crippen molar-refractivity contribution in [3.8, 4) is 0 Å². The summed E-state index contributed by atoms with van der Waals surface area (Å²) in [4.78, 5) is 29.0. The van der Waals surface area contributed by atoms with Gasteiger partial charge in [0.25, 0.3) is 0 Å². The second-order valence-corrected chi connectivity index (χ2v) is 4.63. The number of rotatable bonds is 5. The van der Waals surface area contributed by atoms with E-state index >= 15 is 0 Å². The Morgan fingerprint density at radius 2 is 2.42 bits per heavy atom. The first kappa shape index (κ1) is 13.5. The fourth-order valence-corrected chi connectivity index (χ4v) is 2.23. The van der Waals surface area contributed by atoms with Gasteiger partial charge in [0.05, 0.1) is 6.54 Å². The predicted octanol–water partition coefficient (Wildman–Crippen LogP) is -1.49. The lowest BCUT2D eigenvalue weighted by Gasteiger charge is -2.29. The summed E-state index contributed by atoms with van der Waals surface area (Å²) in [5.74, 6) is -0.677. The van der Waals surface area contributed by atoms with Gasteiger partial charge in [0.2, 0.25) is 11.8 Å². The zero-order valence-corrected chi connectivity index (χ0v) is 10.8. The smallest absolute Gasteiger partial charge is 0.247 e. The molecule has 2 unspecified atom stereocenters. The van der Waals surface area contributed by atoms with Gasteiger partial charge in [-0.25, -0.2) is 9.67 Å². The third-order valence-corrected chi connectivity index (χ3v) is 3.28. The molecule has 19 heavy (non-hydrogen) atoms. The SMILES string of the molecule is CC(C(=O)N(CC(N)=O)C1CCNC1)n1cncn1. The maximum absolute atomic E-state index is 12.5. The van der Waals surface area contributed by atoms with Crippen LogP contribution in [0.25, 0.3) is 0 Å². The van der Waals surface area contributed by atoms with Crippen molar-refractivity contribution in [2.45, 2.75) is 25.4 Å². The number of aromatic nitrogens is 3. The highest BCUT2D eigenvalue weighted by atomic mass is 16.2. The van der Waals surface area contributed by atoms with E-state index in [-0.39, 0.29) is 18.5 Å². The van der Waals surface area contributed by atoms with Gasteiger partial charge in [0.15, 0.2) is 0 Å². The molecule has 104 valence electrons. The van der Waals surface area contributed by atoms with Crippen molar-refractivity contribution in [1.82, 2.24) is 25.0 Å². The zero-order valence-electron chi connectivity index (χ0n) is 10.8. The Labute approximate surface area is 111 Å². The van der Waals surface area contributed by atoms with Crippen molar-refractivity contribution < 1.29 is 9.59 Å². The molecule has 0 spiro atoms. The molecular weight excluding hydrogens is 248 g/mol. The molecule has 0 aromatic carbocycles. The second-order valence-electron chi connectivity index (χ2n) is 4.63. The fraction of sp³-hybridized carbons (Fsp3) is 0.636. The molecule has 1 fully saturated rings. The summed E-state index contributed by atoms with van der Waals surface area (Å²) in [7, 11) is 0. The molecule has 0 radical (unpaired) electrons. The van der Waals surface area contributed by atoms with E-state index in [2.05, 4.69) is 15.4 Å². The molecule has 2 atom stereocenters. The first-order valence-corrected chi connectivity index (χ1v) is 6.23. The van der Waals surface area contributed by atoms with Gasteiger partial charge in [-0.1, -0.05) is 0 Å². The molecule has 1 aromatic rings. The fourth-order valence-electron chi connectivity index (χ4n) is 2.23. The molecule has 8 heteroatoms. The van der Waals surface area contributed by atoms with E-state index in [1.165, 1.54) is 22.2 Å². The molecule has 1 aliphatic rings. The summed E-state index contributed by atoms with van der Waals surface area (Å²) in [5, 5.41) is 7.13. The van der Waals surface area contributed by atoms with Crippen LogP contribution in [0.2, 0.25) is 0 Å². The van der Waals surface area contributed by atoms with Crippen LogP contribution in [0.1, 0.15) is 19.4 Å². The van der Waals surface area contributed by atoms with Crippen molar-refractivity contribution >= 4 is 11.8 Å². The maximum atomic E-state index is 12.5. The van der Waals surface area contributed by atoms with Crippen LogP contribution in [-0.2, 0) is 9.59 Å². The number of carbonyl (C=O) groups is 2. The number of hydrogen-bond donors (Lipinski definition) is 2. The van der Waals surface area contributed by atoms with E-state index in [0.717, 1.165) is 13.0 Å². The number of nitrogens with zero attached hydrogens (tertiary/aromatic N) is 4. The highest BCUT2D eigenvalue weighted by molar-refractivity contribution is 5.86. The van der Waals surface area contributed by atoms with Crippen molar-refractivity contribution in [3.05, 3.63) is 12.7 Å². The van der Waals surface area contributed by atoms with Gasteiger partial charge in [-0.3, -0.25) is 9.59 Å². The Kier molecular flexibility index (Phi) is 4.10. The van der Waals surface area contributed by atoms with Gasteiger partial charge in [-0.2, -0.15) is 5.10 Å². The minimum Gasteiger partial charge on any atom is -0.368 e. The van der Waals surface area contributed by atoms with Crippen LogP contribution in [-0.4, -0.2) is 57.2 Å². The Bertz CT molecular complexity index is 440. The number of amides is 2. The molecule has 3 N–H and O–H groups in total. The van der Waals surface area contributed by atoms with Crippen LogP contribution in [0.3, 0.4) is 0 Å². The average Bonchev–Trinajstić information content (AvgIpc) is 3.05.